The van der Waals surface area contributed by atoms with Crippen LogP contribution in [0.2, 0.25) is 0 Å². The fourth-order valence-corrected chi connectivity index (χ4v) is 3.13. The van der Waals surface area contributed by atoms with Crippen molar-refractivity contribution in [2.45, 2.75) is 5.03 Å². The van der Waals surface area contributed by atoms with Crippen molar-refractivity contribution in [2.75, 3.05) is 17.9 Å². The lowest BCUT2D eigenvalue weighted by Crippen LogP contribution is -2.14. The number of hydrogen-bond acceptors (Lipinski definition) is 6. The van der Waals surface area contributed by atoms with Crippen molar-refractivity contribution in [1.82, 2.24) is 10.2 Å². The summed E-state index contributed by atoms with van der Waals surface area (Å²) in [6, 6.07) is 12.2. The van der Waals surface area contributed by atoms with Gasteiger partial charge in [0.25, 0.3) is 0 Å². The van der Waals surface area contributed by atoms with Crippen LogP contribution in [-0.2, 0) is 4.79 Å². The molecule has 6 nitrogen and oxygen atoms in total. The number of amides is 1. The van der Waals surface area contributed by atoms with Crippen LogP contribution in [0.25, 0.3) is 11.3 Å². The van der Waals surface area contributed by atoms with E-state index in [1.54, 1.807) is 12.1 Å². The van der Waals surface area contributed by atoms with E-state index in [-0.39, 0.29) is 24.1 Å². The third kappa shape index (κ3) is 4.04. The van der Waals surface area contributed by atoms with E-state index < -0.39 is 11.6 Å². The molecular formula is C19H13F2N3O3S. The van der Waals surface area contributed by atoms with Gasteiger partial charge in [0, 0.05) is 17.3 Å². The third-order valence-corrected chi connectivity index (χ3v) is 4.78. The molecule has 0 saturated heterocycles. The number of hydrogen-bond donors (Lipinski definition) is 1. The van der Waals surface area contributed by atoms with Gasteiger partial charge >= 0.3 is 0 Å². The number of nitrogens with zero attached hydrogens (tertiary/aromatic N) is 2. The fraction of sp³-hybridized carbons (Fsp3) is 0.105. The van der Waals surface area contributed by atoms with Gasteiger partial charge in [-0.3, -0.25) is 4.79 Å². The maximum Gasteiger partial charge on any atom is 0.234 e. The average molecular weight is 401 g/mol. The lowest BCUT2D eigenvalue weighted by Gasteiger charge is -2.06. The van der Waals surface area contributed by atoms with Crippen LogP contribution in [0.4, 0.5) is 14.5 Å². The molecule has 0 spiro atoms. The Morgan fingerprint density at radius 3 is 2.64 bits per heavy atom. The van der Waals surface area contributed by atoms with E-state index in [4.69, 9.17) is 9.47 Å². The normalized spacial score (nSPS) is 12.1. The molecule has 0 saturated carbocycles. The predicted octanol–water partition coefficient (Wildman–Crippen LogP) is 3.88. The van der Waals surface area contributed by atoms with E-state index in [0.29, 0.717) is 22.2 Å². The van der Waals surface area contributed by atoms with Gasteiger partial charge in [-0.25, -0.2) is 8.78 Å². The molecule has 0 aliphatic carbocycles. The first kappa shape index (κ1) is 18.2. The van der Waals surface area contributed by atoms with E-state index in [1.165, 1.54) is 17.8 Å². The molecule has 0 atom stereocenters. The Bertz CT molecular complexity index is 1030. The number of ether oxygens (including phenoxy) is 2. The molecule has 9 heteroatoms. The van der Waals surface area contributed by atoms with Crippen LogP contribution in [0.5, 0.6) is 11.5 Å². The van der Waals surface area contributed by atoms with Gasteiger partial charge in [0.05, 0.1) is 11.4 Å². The second-order valence-corrected chi connectivity index (χ2v) is 6.79. The highest BCUT2D eigenvalue weighted by Crippen LogP contribution is 2.35. The van der Waals surface area contributed by atoms with Crippen LogP contribution in [0.1, 0.15) is 0 Å². The van der Waals surface area contributed by atoms with Crippen molar-refractivity contribution in [3.05, 3.63) is 60.2 Å². The number of aromatic nitrogens is 2. The van der Waals surface area contributed by atoms with Crippen molar-refractivity contribution in [3.8, 4) is 22.8 Å². The van der Waals surface area contributed by atoms with Crippen molar-refractivity contribution in [1.29, 1.82) is 0 Å². The van der Waals surface area contributed by atoms with Crippen LogP contribution in [-0.4, -0.2) is 28.7 Å². The molecule has 1 aliphatic heterocycles. The number of fused-ring (bicyclic) bond motifs is 1. The molecule has 3 aromatic rings. The number of carbonyl (C=O) groups excluding carboxylic acids is 1. The number of thioether (sulfide) groups is 1. The van der Waals surface area contributed by atoms with Gasteiger partial charge in [0.1, 0.15) is 5.03 Å². The maximum absolute atomic E-state index is 13.2. The molecule has 1 aliphatic rings. The standard InChI is InChI=1S/C19H13F2N3O3S/c20-13-3-2-12(8-14(13)21)22-18(25)9-28-19-6-4-15(23-24-19)11-1-5-16-17(7-11)27-10-26-16/h1-8H,9-10H2,(H,22,25). The van der Waals surface area contributed by atoms with Gasteiger partial charge < -0.3 is 14.8 Å². The fourth-order valence-electron chi connectivity index (χ4n) is 2.52. The molecule has 142 valence electrons. The summed E-state index contributed by atoms with van der Waals surface area (Å²) in [5.74, 6) is -0.947. The molecule has 1 aromatic heterocycles. The van der Waals surface area contributed by atoms with E-state index in [0.717, 1.165) is 17.7 Å². The topological polar surface area (TPSA) is 73.3 Å². The largest absolute Gasteiger partial charge is 0.454 e. The van der Waals surface area contributed by atoms with E-state index in [1.807, 2.05) is 18.2 Å². The molecule has 1 amide bonds. The number of carbonyl (C=O) groups is 1. The highest BCUT2D eigenvalue weighted by molar-refractivity contribution is 7.99. The summed E-state index contributed by atoms with van der Waals surface area (Å²) in [6.07, 6.45) is 0. The summed E-state index contributed by atoms with van der Waals surface area (Å²) < 4.78 is 36.7. The summed E-state index contributed by atoms with van der Waals surface area (Å²) in [5.41, 5.74) is 1.69. The SMILES string of the molecule is O=C(CSc1ccc(-c2ccc3c(c2)OCO3)nn1)Nc1ccc(F)c(F)c1. The zero-order valence-corrected chi connectivity index (χ0v) is 15.1. The monoisotopic (exact) mass is 401 g/mol. The number of halogens is 2. The van der Waals surface area contributed by atoms with Gasteiger partial charge in [0.15, 0.2) is 23.1 Å². The Kier molecular flexibility index (Phi) is 5.07. The van der Waals surface area contributed by atoms with E-state index >= 15 is 0 Å². The first-order valence-electron chi connectivity index (χ1n) is 8.20. The predicted molar refractivity (Wildman–Crippen MR) is 99.3 cm³/mol. The van der Waals surface area contributed by atoms with E-state index in [9.17, 15) is 13.6 Å². The maximum atomic E-state index is 13.2. The molecule has 1 N–H and O–H groups in total. The molecule has 4 rings (SSSR count). The molecule has 28 heavy (non-hydrogen) atoms. The lowest BCUT2D eigenvalue weighted by atomic mass is 10.1. The molecular weight excluding hydrogens is 388 g/mol. The van der Waals surface area contributed by atoms with Gasteiger partial charge in [-0.15, -0.1) is 10.2 Å². The van der Waals surface area contributed by atoms with Crippen LogP contribution >= 0.6 is 11.8 Å². The van der Waals surface area contributed by atoms with Crippen molar-refractivity contribution in [2.24, 2.45) is 0 Å². The first-order chi connectivity index (χ1) is 13.6. The lowest BCUT2D eigenvalue weighted by molar-refractivity contribution is -0.113. The summed E-state index contributed by atoms with van der Waals surface area (Å²) >= 11 is 1.18. The quantitative estimate of drug-likeness (QED) is 0.654. The Morgan fingerprint density at radius 1 is 1.00 bits per heavy atom. The Balaban J connectivity index is 1.35. The van der Waals surface area contributed by atoms with Crippen LogP contribution < -0.4 is 14.8 Å². The Morgan fingerprint density at radius 2 is 1.86 bits per heavy atom. The number of anilines is 1. The summed E-state index contributed by atoms with van der Waals surface area (Å²) in [6.45, 7) is 0.201. The van der Waals surface area contributed by atoms with Gasteiger partial charge in [0.2, 0.25) is 12.7 Å². The van der Waals surface area contributed by atoms with Gasteiger partial charge in [-0.1, -0.05) is 11.8 Å². The number of nitrogens with one attached hydrogen (secondary N) is 1. The molecule has 0 radical (unpaired) electrons. The van der Waals surface area contributed by atoms with Gasteiger partial charge in [-0.05, 0) is 42.5 Å². The number of benzene rings is 2. The highest BCUT2D eigenvalue weighted by atomic mass is 32.2. The molecule has 2 heterocycles. The zero-order chi connectivity index (χ0) is 19.5. The second kappa shape index (κ2) is 7.81. The van der Waals surface area contributed by atoms with Crippen LogP contribution in [0, 0.1) is 11.6 Å². The molecule has 0 fully saturated rings. The molecule has 0 bridgehead atoms. The second-order valence-electron chi connectivity index (χ2n) is 5.79. The smallest absolute Gasteiger partial charge is 0.234 e. The number of rotatable bonds is 5. The summed E-state index contributed by atoms with van der Waals surface area (Å²) in [5, 5.41) is 11.3. The van der Waals surface area contributed by atoms with Crippen molar-refractivity contribution < 1.29 is 23.0 Å². The van der Waals surface area contributed by atoms with Crippen LogP contribution in [0.15, 0.2) is 53.6 Å². The van der Waals surface area contributed by atoms with E-state index in [2.05, 4.69) is 15.5 Å². The zero-order valence-electron chi connectivity index (χ0n) is 14.3. The van der Waals surface area contributed by atoms with Crippen molar-refractivity contribution >= 4 is 23.4 Å². The highest BCUT2D eigenvalue weighted by Gasteiger charge is 2.14. The minimum Gasteiger partial charge on any atom is -0.454 e. The summed E-state index contributed by atoms with van der Waals surface area (Å²) in [4.78, 5) is 12.0. The summed E-state index contributed by atoms with van der Waals surface area (Å²) in [7, 11) is 0. The third-order valence-electron chi connectivity index (χ3n) is 3.86. The van der Waals surface area contributed by atoms with Crippen LogP contribution in [0.3, 0.4) is 0 Å². The van der Waals surface area contributed by atoms with Crippen molar-refractivity contribution in [3.63, 3.8) is 0 Å². The molecule has 2 aromatic carbocycles. The van der Waals surface area contributed by atoms with Gasteiger partial charge in [-0.2, -0.15) is 0 Å². The minimum atomic E-state index is -1.02. The molecule has 0 unspecified atom stereocenters. The Hall–Kier alpha value is -3.20. The first-order valence-corrected chi connectivity index (χ1v) is 9.18. The average Bonchev–Trinajstić information content (AvgIpc) is 3.17. The minimum absolute atomic E-state index is 0.0526. The Labute approximate surface area is 162 Å².